The number of rotatable bonds is 5. The number of amides is 1. The van der Waals surface area contributed by atoms with E-state index in [-0.39, 0.29) is 17.8 Å². The van der Waals surface area contributed by atoms with Crippen molar-refractivity contribution < 1.29 is 14.3 Å². The molecule has 1 unspecified atom stereocenters. The van der Waals surface area contributed by atoms with Gasteiger partial charge in [0, 0.05) is 50.1 Å². The molecule has 7 nitrogen and oxygen atoms in total. The van der Waals surface area contributed by atoms with Crippen molar-refractivity contribution in [3.63, 3.8) is 0 Å². The van der Waals surface area contributed by atoms with Crippen LogP contribution in [0.4, 0.5) is 5.82 Å². The summed E-state index contributed by atoms with van der Waals surface area (Å²) in [6.07, 6.45) is 3.36. The zero-order valence-electron chi connectivity index (χ0n) is 17.5. The first-order valence-electron chi connectivity index (χ1n) is 10.7. The third-order valence-corrected chi connectivity index (χ3v) is 5.90. The van der Waals surface area contributed by atoms with E-state index in [0.29, 0.717) is 24.8 Å². The van der Waals surface area contributed by atoms with Crippen molar-refractivity contribution in [2.45, 2.75) is 38.4 Å². The maximum absolute atomic E-state index is 12.7. The Kier molecular flexibility index (Phi) is 6.62. The molecule has 2 aliphatic heterocycles. The van der Waals surface area contributed by atoms with Gasteiger partial charge in [-0.1, -0.05) is 24.3 Å². The van der Waals surface area contributed by atoms with E-state index in [9.17, 15) is 4.79 Å². The Morgan fingerprint density at radius 2 is 1.93 bits per heavy atom. The highest BCUT2D eigenvalue weighted by Crippen LogP contribution is 2.24. The van der Waals surface area contributed by atoms with Crippen LogP contribution in [0.3, 0.4) is 0 Å². The number of carbonyl (C=O) groups excluding carboxylic acids is 1. The summed E-state index contributed by atoms with van der Waals surface area (Å²) in [7, 11) is 0. The lowest BCUT2D eigenvalue weighted by Gasteiger charge is -2.33. The molecule has 0 bridgehead atoms. The maximum Gasteiger partial charge on any atom is 0.255 e. The highest BCUT2D eigenvalue weighted by atomic mass is 16.5. The van der Waals surface area contributed by atoms with Crippen molar-refractivity contribution in [1.29, 1.82) is 0 Å². The average molecular weight is 411 g/mol. The molecule has 0 spiro atoms. The van der Waals surface area contributed by atoms with Gasteiger partial charge in [0.1, 0.15) is 5.82 Å². The first-order chi connectivity index (χ1) is 14.6. The van der Waals surface area contributed by atoms with Crippen LogP contribution < -0.4 is 11.1 Å². The Hall–Kier alpha value is -2.48. The number of hydrogen-bond donors (Lipinski definition) is 2. The number of hydrogen-bond acceptors (Lipinski definition) is 6. The molecule has 7 heteroatoms. The van der Waals surface area contributed by atoms with Gasteiger partial charge in [0.05, 0.1) is 18.8 Å². The van der Waals surface area contributed by atoms with Crippen molar-refractivity contribution in [2.75, 3.05) is 38.7 Å². The normalized spacial score (nSPS) is 20.8. The number of morpholine rings is 1. The van der Waals surface area contributed by atoms with Crippen molar-refractivity contribution in [1.82, 2.24) is 15.2 Å². The Morgan fingerprint density at radius 1 is 1.17 bits per heavy atom. The lowest BCUT2D eigenvalue weighted by molar-refractivity contribution is -0.00436. The van der Waals surface area contributed by atoms with Gasteiger partial charge in [0.25, 0.3) is 5.91 Å². The summed E-state index contributed by atoms with van der Waals surface area (Å²) in [5, 5.41) is 3.06. The van der Waals surface area contributed by atoms with Crippen molar-refractivity contribution in [2.24, 2.45) is 0 Å². The fraction of sp³-hybridized carbons (Fsp3) is 0.478. The van der Waals surface area contributed by atoms with Gasteiger partial charge in [0.15, 0.2) is 0 Å². The molecular weight excluding hydrogens is 380 g/mol. The molecule has 4 rings (SSSR count). The van der Waals surface area contributed by atoms with Gasteiger partial charge in [-0.05, 0) is 37.0 Å². The van der Waals surface area contributed by atoms with Gasteiger partial charge in [-0.25, -0.2) is 4.98 Å². The number of pyridine rings is 1. The second-order valence-corrected chi connectivity index (χ2v) is 8.11. The molecule has 0 aliphatic carbocycles. The molecular formula is C23H30N4O3. The molecule has 160 valence electrons. The molecule has 1 aromatic carbocycles. The standard InChI is InChI=1S/C23H30N4O3/c1-16-15-30-11-8-27(16)14-17-2-4-18(5-3-17)19-12-21(22(24)25-13-19)23(28)26-20-6-9-29-10-7-20/h2-5,12-13,16,20H,6-11,14-15H2,1H3,(H2,24,25)(H,26,28). The number of benzene rings is 1. The fourth-order valence-corrected chi connectivity index (χ4v) is 3.95. The lowest BCUT2D eigenvalue weighted by Crippen LogP contribution is -2.42. The minimum Gasteiger partial charge on any atom is -0.383 e. The Bertz CT molecular complexity index is 865. The van der Waals surface area contributed by atoms with E-state index in [0.717, 1.165) is 50.3 Å². The molecule has 1 aromatic heterocycles. The molecule has 3 N–H and O–H groups in total. The van der Waals surface area contributed by atoms with Gasteiger partial charge >= 0.3 is 0 Å². The van der Waals surface area contributed by atoms with Crippen molar-refractivity contribution >= 4 is 11.7 Å². The summed E-state index contributed by atoms with van der Waals surface area (Å²) in [5.41, 5.74) is 9.58. The summed E-state index contributed by atoms with van der Waals surface area (Å²) in [5.74, 6) is 0.0768. The maximum atomic E-state index is 12.7. The average Bonchev–Trinajstić information content (AvgIpc) is 2.77. The van der Waals surface area contributed by atoms with Crippen LogP contribution in [0.2, 0.25) is 0 Å². The predicted molar refractivity (Wildman–Crippen MR) is 116 cm³/mol. The Balaban J connectivity index is 1.45. The molecule has 2 fully saturated rings. The van der Waals surface area contributed by atoms with Crippen LogP contribution in [0.5, 0.6) is 0 Å². The minimum atomic E-state index is -0.174. The van der Waals surface area contributed by atoms with Crippen LogP contribution in [0.1, 0.15) is 35.7 Å². The SMILES string of the molecule is CC1COCCN1Cc1ccc(-c2cnc(N)c(C(=O)NC3CCOCC3)c2)cc1. The summed E-state index contributed by atoms with van der Waals surface area (Å²) >= 11 is 0. The quantitative estimate of drug-likeness (QED) is 0.787. The number of nitrogens with two attached hydrogens (primary N) is 1. The molecule has 1 amide bonds. The molecule has 1 atom stereocenters. The number of nitrogens with one attached hydrogen (secondary N) is 1. The molecule has 3 heterocycles. The van der Waals surface area contributed by atoms with Gasteiger partial charge in [-0.15, -0.1) is 0 Å². The third-order valence-electron chi connectivity index (χ3n) is 5.90. The fourth-order valence-electron chi connectivity index (χ4n) is 3.95. The Morgan fingerprint density at radius 3 is 2.67 bits per heavy atom. The van der Waals surface area contributed by atoms with Crippen LogP contribution in [-0.2, 0) is 16.0 Å². The highest BCUT2D eigenvalue weighted by molar-refractivity contribution is 5.99. The van der Waals surface area contributed by atoms with Gasteiger partial charge in [0.2, 0.25) is 0 Å². The van der Waals surface area contributed by atoms with E-state index in [2.05, 4.69) is 46.4 Å². The van der Waals surface area contributed by atoms with Crippen LogP contribution in [0, 0.1) is 0 Å². The number of nitrogens with zero attached hydrogens (tertiary/aromatic N) is 2. The summed E-state index contributed by atoms with van der Waals surface area (Å²) in [6.45, 7) is 6.98. The van der Waals surface area contributed by atoms with Gasteiger partial charge < -0.3 is 20.5 Å². The van der Waals surface area contributed by atoms with Crippen LogP contribution in [-0.4, -0.2) is 60.8 Å². The minimum absolute atomic E-state index is 0.121. The van der Waals surface area contributed by atoms with Crippen LogP contribution in [0.15, 0.2) is 36.5 Å². The topological polar surface area (TPSA) is 89.7 Å². The molecule has 2 saturated heterocycles. The number of nitrogen functional groups attached to an aromatic ring is 1. The van der Waals surface area contributed by atoms with E-state index >= 15 is 0 Å². The zero-order chi connectivity index (χ0) is 20.9. The second-order valence-electron chi connectivity index (χ2n) is 8.11. The van der Waals surface area contributed by atoms with Crippen molar-refractivity contribution in [3.8, 4) is 11.1 Å². The summed E-state index contributed by atoms with van der Waals surface area (Å²) in [6, 6.07) is 10.8. The smallest absolute Gasteiger partial charge is 0.255 e. The van der Waals surface area contributed by atoms with E-state index in [1.807, 2.05) is 6.07 Å². The number of carbonyl (C=O) groups is 1. The largest absolute Gasteiger partial charge is 0.383 e. The highest BCUT2D eigenvalue weighted by Gasteiger charge is 2.20. The number of aromatic nitrogens is 1. The number of ether oxygens (including phenoxy) is 2. The van der Waals surface area contributed by atoms with Crippen molar-refractivity contribution in [3.05, 3.63) is 47.7 Å². The first-order valence-corrected chi connectivity index (χ1v) is 10.7. The molecule has 2 aromatic rings. The summed E-state index contributed by atoms with van der Waals surface area (Å²) in [4.78, 5) is 19.4. The zero-order valence-corrected chi connectivity index (χ0v) is 17.5. The second kappa shape index (κ2) is 9.55. The molecule has 0 saturated carbocycles. The van der Waals surface area contributed by atoms with Crippen LogP contribution in [0.25, 0.3) is 11.1 Å². The van der Waals surface area contributed by atoms with E-state index in [4.69, 9.17) is 15.2 Å². The molecule has 2 aliphatic rings. The third kappa shape index (κ3) is 4.98. The van der Waals surface area contributed by atoms with E-state index in [1.165, 1.54) is 5.56 Å². The lowest BCUT2D eigenvalue weighted by atomic mass is 10.0. The molecule has 0 radical (unpaired) electrons. The van der Waals surface area contributed by atoms with E-state index < -0.39 is 0 Å². The van der Waals surface area contributed by atoms with Gasteiger partial charge in [-0.3, -0.25) is 9.69 Å². The monoisotopic (exact) mass is 410 g/mol. The number of anilines is 1. The molecule has 30 heavy (non-hydrogen) atoms. The summed E-state index contributed by atoms with van der Waals surface area (Å²) < 4.78 is 10.9. The van der Waals surface area contributed by atoms with Gasteiger partial charge in [-0.2, -0.15) is 0 Å². The van der Waals surface area contributed by atoms with E-state index in [1.54, 1.807) is 6.20 Å². The first kappa shape index (κ1) is 20.8. The van der Waals surface area contributed by atoms with Crippen LogP contribution >= 0.6 is 0 Å². The predicted octanol–water partition coefficient (Wildman–Crippen LogP) is 2.46. The Labute approximate surface area is 177 Å².